The van der Waals surface area contributed by atoms with E-state index >= 15 is 0 Å². The van der Waals surface area contributed by atoms with Gasteiger partial charge in [-0.1, -0.05) is 0 Å². The van der Waals surface area contributed by atoms with Crippen molar-refractivity contribution in [3.63, 3.8) is 0 Å². The van der Waals surface area contributed by atoms with Gasteiger partial charge in [0.15, 0.2) is 4.73 Å². The molecule has 0 unspecified atom stereocenters. The second-order valence-electron chi connectivity index (χ2n) is 3.68. The Hall–Kier alpha value is -0.640. The second-order valence-corrected chi connectivity index (χ2v) is 4.39. The Morgan fingerprint density at radius 1 is 1.21 bits per heavy atom. The predicted molar refractivity (Wildman–Crippen MR) is 60.5 cm³/mol. The zero-order chi connectivity index (χ0) is 9.97. The number of halogens is 1. The number of anilines is 1. The van der Waals surface area contributed by atoms with Gasteiger partial charge in [-0.2, -0.15) is 0 Å². The largest absolute Gasteiger partial charge is 0.356 e. The maximum Gasteiger partial charge on any atom is 0.198 e. The van der Waals surface area contributed by atoms with Gasteiger partial charge in [0.25, 0.3) is 0 Å². The van der Waals surface area contributed by atoms with Crippen molar-refractivity contribution in [2.75, 3.05) is 18.0 Å². The summed E-state index contributed by atoms with van der Waals surface area (Å²) in [6.07, 6.45) is 3.91. The smallest absolute Gasteiger partial charge is 0.198 e. The van der Waals surface area contributed by atoms with Crippen molar-refractivity contribution in [1.29, 1.82) is 0 Å². The van der Waals surface area contributed by atoms with Gasteiger partial charge in [-0.25, -0.2) is 9.97 Å². The minimum absolute atomic E-state index is 0.693. The van der Waals surface area contributed by atoms with E-state index in [1.807, 2.05) is 6.92 Å². The predicted octanol–water partition coefficient (Wildman–Crippen LogP) is 2.54. The zero-order valence-electron chi connectivity index (χ0n) is 8.33. The quantitative estimate of drug-likeness (QED) is 0.723. The van der Waals surface area contributed by atoms with Gasteiger partial charge >= 0.3 is 0 Å². The molecular formula is C10H14BrN3. The Bertz CT molecular complexity index is 301. The Kier molecular flexibility index (Phi) is 3.01. The van der Waals surface area contributed by atoms with Gasteiger partial charge < -0.3 is 4.90 Å². The fourth-order valence-corrected chi connectivity index (χ4v) is 2.26. The third-order valence-corrected chi connectivity index (χ3v) is 2.85. The average Bonchev–Trinajstić information content (AvgIpc) is 2.18. The molecule has 0 aromatic carbocycles. The molecule has 0 amide bonds. The maximum absolute atomic E-state index is 4.39. The summed E-state index contributed by atoms with van der Waals surface area (Å²) in [5.74, 6) is 1.06. The van der Waals surface area contributed by atoms with Gasteiger partial charge in [0.2, 0.25) is 0 Å². The minimum atomic E-state index is 0.693. The Morgan fingerprint density at radius 3 is 2.57 bits per heavy atom. The van der Waals surface area contributed by atoms with Crippen molar-refractivity contribution in [3.8, 4) is 0 Å². The fourth-order valence-electron chi connectivity index (χ4n) is 1.80. The van der Waals surface area contributed by atoms with Crippen LogP contribution in [0.2, 0.25) is 0 Å². The molecule has 2 heterocycles. The van der Waals surface area contributed by atoms with Crippen molar-refractivity contribution in [2.24, 2.45) is 0 Å². The van der Waals surface area contributed by atoms with Crippen LogP contribution in [-0.4, -0.2) is 23.1 Å². The van der Waals surface area contributed by atoms with Crippen molar-refractivity contribution < 1.29 is 0 Å². The monoisotopic (exact) mass is 255 g/mol. The van der Waals surface area contributed by atoms with Crippen LogP contribution in [0.1, 0.15) is 25.0 Å². The number of hydrogen-bond donors (Lipinski definition) is 0. The molecule has 14 heavy (non-hydrogen) atoms. The van der Waals surface area contributed by atoms with Crippen LogP contribution in [-0.2, 0) is 0 Å². The lowest BCUT2D eigenvalue weighted by molar-refractivity contribution is 0.572. The normalized spacial score (nSPS) is 17.1. The van der Waals surface area contributed by atoms with Crippen LogP contribution in [0.5, 0.6) is 0 Å². The molecule has 1 aromatic heterocycles. The molecule has 76 valence electrons. The first-order chi connectivity index (χ1) is 6.75. The first-order valence-electron chi connectivity index (χ1n) is 5.02. The van der Waals surface area contributed by atoms with E-state index in [0.717, 1.165) is 24.6 Å². The Labute approximate surface area is 92.7 Å². The van der Waals surface area contributed by atoms with E-state index in [-0.39, 0.29) is 0 Å². The second kappa shape index (κ2) is 4.26. The number of aromatic nitrogens is 2. The van der Waals surface area contributed by atoms with E-state index in [0.29, 0.717) is 4.73 Å². The van der Waals surface area contributed by atoms with Gasteiger partial charge in [0.1, 0.15) is 5.82 Å². The molecule has 0 aliphatic carbocycles. The van der Waals surface area contributed by atoms with Crippen LogP contribution < -0.4 is 4.90 Å². The SMILES string of the molecule is Cc1cc(N2CCCCC2)nc(Br)n1. The van der Waals surface area contributed by atoms with E-state index in [1.54, 1.807) is 0 Å². The summed E-state index contributed by atoms with van der Waals surface area (Å²) in [5.41, 5.74) is 1.02. The molecule has 1 saturated heterocycles. The highest BCUT2D eigenvalue weighted by Gasteiger charge is 2.12. The summed E-state index contributed by atoms with van der Waals surface area (Å²) in [7, 11) is 0. The molecule has 1 aromatic rings. The number of piperidine rings is 1. The van der Waals surface area contributed by atoms with Crippen LogP contribution >= 0.6 is 15.9 Å². The maximum atomic E-state index is 4.39. The summed E-state index contributed by atoms with van der Waals surface area (Å²) in [5, 5.41) is 0. The zero-order valence-corrected chi connectivity index (χ0v) is 9.92. The van der Waals surface area contributed by atoms with Crippen LogP contribution in [0.3, 0.4) is 0 Å². The van der Waals surface area contributed by atoms with E-state index in [2.05, 4.69) is 36.9 Å². The Morgan fingerprint density at radius 2 is 1.93 bits per heavy atom. The topological polar surface area (TPSA) is 29.0 Å². The van der Waals surface area contributed by atoms with Crippen LogP contribution in [0.4, 0.5) is 5.82 Å². The number of hydrogen-bond acceptors (Lipinski definition) is 3. The summed E-state index contributed by atoms with van der Waals surface area (Å²) in [6.45, 7) is 4.26. The molecule has 1 aliphatic rings. The molecule has 3 nitrogen and oxygen atoms in total. The molecule has 0 saturated carbocycles. The van der Waals surface area contributed by atoms with Gasteiger partial charge in [-0.15, -0.1) is 0 Å². The summed E-state index contributed by atoms with van der Waals surface area (Å²) in [4.78, 5) is 10.9. The molecule has 0 atom stereocenters. The molecule has 0 N–H and O–H groups in total. The Balaban J connectivity index is 2.21. The molecule has 4 heteroatoms. The van der Waals surface area contributed by atoms with E-state index in [4.69, 9.17) is 0 Å². The molecule has 2 rings (SSSR count). The molecule has 0 spiro atoms. The highest BCUT2D eigenvalue weighted by molar-refractivity contribution is 9.10. The lowest BCUT2D eigenvalue weighted by atomic mass is 10.1. The molecule has 0 radical (unpaired) electrons. The highest BCUT2D eigenvalue weighted by Crippen LogP contribution is 2.19. The minimum Gasteiger partial charge on any atom is -0.356 e. The molecule has 1 aliphatic heterocycles. The van der Waals surface area contributed by atoms with Crippen molar-refractivity contribution in [1.82, 2.24) is 9.97 Å². The molecule has 0 bridgehead atoms. The van der Waals surface area contributed by atoms with Crippen LogP contribution in [0.15, 0.2) is 10.8 Å². The van der Waals surface area contributed by atoms with E-state index < -0.39 is 0 Å². The standard InChI is InChI=1S/C10H14BrN3/c1-8-7-9(13-10(11)12-8)14-5-3-2-4-6-14/h7H,2-6H2,1H3. The van der Waals surface area contributed by atoms with Gasteiger partial charge in [-0.3, -0.25) is 0 Å². The lowest BCUT2D eigenvalue weighted by Crippen LogP contribution is -2.30. The van der Waals surface area contributed by atoms with E-state index in [1.165, 1.54) is 19.3 Å². The first kappa shape index (κ1) is 9.90. The van der Waals surface area contributed by atoms with Gasteiger partial charge in [-0.05, 0) is 42.1 Å². The number of nitrogens with zero attached hydrogens (tertiary/aromatic N) is 3. The van der Waals surface area contributed by atoms with Gasteiger partial charge in [0.05, 0.1) is 0 Å². The third kappa shape index (κ3) is 2.23. The number of rotatable bonds is 1. The summed E-state index contributed by atoms with van der Waals surface area (Å²) in [6, 6.07) is 2.05. The molecular weight excluding hydrogens is 242 g/mol. The lowest BCUT2D eigenvalue weighted by Gasteiger charge is -2.27. The summed E-state index contributed by atoms with van der Waals surface area (Å²) < 4.78 is 0.693. The number of aryl methyl sites for hydroxylation is 1. The average molecular weight is 256 g/mol. The first-order valence-corrected chi connectivity index (χ1v) is 5.81. The van der Waals surface area contributed by atoms with E-state index in [9.17, 15) is 0 Å². The highest BCUT2D eigenvalue weighted by atomic mass is 79.9. The molecule has 1 fully saturated rings. The van der Waals surface area contributed by atoms with Crippen molar-refractivity contribution >= 4 is 21.7 Å². The van der Waals surface area contributed by atoms with Crippen LogP contribution in [0, 0.1) is 6.92 Å². The van der Waals surface area contributed by atoms with Crippen LogP contribution in [0.25, 0.3) is 0 Å². The van der Waals surface area contributed by atoms with Crippen molar-refractivity contribution in [3.05, 3.63) is 16.5 Å². The third-order valence-electron chi connectivity index (χ3n) is 2.49. The van der Waals surface area contributed by atoms with Crippen molar-refractivity contribution in [2.45, 2.75) is 26.2 Å². The van der Waals surface area contributed by atoms with Gasteiger partial charge in [0, 0.05) is 24.8 Å². The summed E-state index contributed by atoms with van der Waals surface area (Å²) >= 11 is 3.33. The fraction of sp³-hybridized carbons (Fsp3) is 0.600.